The standard InChI is InChI=1S/C13H22BrN3/c1-12(2,3)8-13(4,5)17-11-10(15)6-9(14)7-16-11/h6-7H,8,15H2,1-5H3,(H,16,17). The Labute approximate surface area is 112 Å². The lowest BCUT2D eigenvalue weighted by Gasteiger charge is -2.34. The van der Waals surface area contributed by atoms with Crippen LogP contribution in [0.25, 0.3) is 0 Å². The van der Waals surface area contributed by atoms with Crippen molar-refractivity contribution in [3.05, 3.63) is 16.7 Å². The molecule has 1 aromatic rings. The van der Waals surface area contributed by atoms with E-state index >= 15 is 0 Å². The Bertz CT molecular complexity index is 394. The maximum Gasteiger partial charge on any atom is 0.149 e. The quantitative estimate of drug-likeness (QED) is 0.885. The van der Waals surface area contributed by atoms with Gasteiger partial charge in [0.05, 0.1) is 5.69 Å². The van der Waals surface area contributed by atoms with Crippen molar-refractivity contribution >= 4 is 27.4 Å². The highest BCUT2D eigenvalue weighted by Gasteiger charge is 2.26. The van der Waals surface area contributed by atoms with E-state index in [-0.39, 0.29) is 11.0 Å². The van der Waals surface area contributed by atoms with Crippen molar-refractivity contribution in [2.45, 2.75) is 46.6 Å². The van der Waals surface area contributed by atoms with E-state index in [0.717, 1.165) is 16.7 Å². The van der Waals surface area contributed by atoms with Gasteiger partial charge in [-0.25, -0.2) is 4.98 Å². The molecule has 0 aliphatic rings. The number of nitrogen functional groups attached to an aromatic ring is 1. The van der Waals surface area contributed by atoms with Gasteiger partial charge in [0, 0.05) is 16.2 Å². The molecule has 1 heterocycles. The van der Waals surface area contributed by atoms with Crippen LogP contribution in [-0.2, 0) is 0 Å². The highest BCUT2D eigenvalue weighted by atomic mass is 79.9. The molecule has 0 bridgehead atoms. The Morgan fingerprint density at radius 2 is 1.88 bits per heavy atom. The topological polar surface area (TPSA) is 50.9 Å². The third-order valence-corrected chi connectivity index (χ3v) is 2.75. The van der Waals surface area contributed by atoms with Crippen LogP contribution in [0.15, 0.2) is 16.7 Å². The Kier molecular flexibility index (Phi) is 4.07. The summed E-state index contributed by atoms with van der Waals surface area (Å²) in [6.45, 7) is 11.0. The number of hydrogen-bond donors (Lipinski definition) is 2. The molecule has 0 atom stereocenters. The van der Waals surface area contributed by atoms with Crippen molar-refractivity contribution in [3.8, 4) is 0 Å². The molecule has 0 saturated heterocycles. The van der Waals surface area contributed by atoms with Crippen LogP contribution in [-0.4, -0.2) is 10.5 Å². The normalized spacial score (nSPS) is 12.6. The molecular formula is C13H22BrN3. The summed E-state index contributed by atoms with van der Waals surface area (Å²) >= 11 is 3.35. The van der Waals surface area contributed by atoms with E-state index in [2.05, 4.69) is 60.8 Å². The second kappa shape index (κ2) is 4.84. The van der Waals surface area contributed by atoms with Gasteiger partial charge in [0.2, 0.25) is 0 Å². The number of nitrogens with two attached hydrogens (primary N) is 1. The summed E-state index contributed by atoms with van der Waals surface area (Å²) in [6.07, 6.45) is 2.79. The number of hydrogen-bond acceptors (Lipinski definition) is 3. The number of nitrogens with one attached hydrogen (secondary N) is 1. The van der Waals surface area contributed by atoms with E-state index in [1.54, 1.807) is 6.20 Å². The summed E-state index contributed by atoms with van der Waals surface area (Å²) in [5.41, 5.74) is 6.84. The van der Waals surface area contributed by atoms with Crippen LogP contribution in [0.5, 0.6) is 0 Å². The number of anilines is 2. The van der Waals surface area contributed by atoms with E-state index in [1.807, 2.05) is 6.07 Å². The Balaban J connectivity index is 2.83. The fourth-order valence-corrected chi connectivity index (χ4v) is 2.60. The summed E-state index contributed by atoms with van der Waals surface area (Å²) in [5, 5.41) is 3.41. The van der Waals surface area contributed by atoms with Gasteiger partial charge < -0.3 is 11.1 Å². The van der Waals surface area contributed by atoms with Crippen LogP contribution < -0.4 is 11.1 Å². The van der Waals surface area contributed by atoms with Gasteiger partial charge in [-0.15, -0.1) is 0 Å². The van der Waals surface area contributed by atoms with Gasteiger partial charge in [0.1, 0.15) is 5.82 Å². The first-order valence-electron chi connectivity index (χ1n) is 5.78. The first-order chi connectivity index (χ1) is 7.59. The molecule has 0 aliphatic heterocycles. The second-order valence-corrected chi connectivity index (χ2v) is 7.25. The van der Waals surface area contributed by atoms with Crippen molar-refractivity contribution < 1.29 is 0 Å². The molecule has 0 aromatic carbocycles. The van der Waals surface area contributed by atoms with Gasteiger partial charge in [-0.1, -0.05) is 20.8 Å². The zero-order valence-corrected chi connectivity index (χ0v) is 12.9. The van der Waals surface area contributed by atoms with Gasteiger partial charge >= 0.3 is 0 Å². The van der Waals surface area contributed by atoms with E-state index < -0.39 is 0 Å². The van der Waals surface area contributed by atoms with E-state index in [4.69, 9.17) is 5.73 Å². The number of nitrogens with zero attached hydrogens (tertiary/aromatic N) is 1. The summed E-state index contributed by atoms with van der Waals surface area (Å²) in [7, 11) is 0. The number of rotatable bonds is 3. The Hall–Kier alpha value is -0.770. The maximum absolute atomic E-state index is 5.94. The van der Waals surface area contributed by atoms with Gasteiger partial charge in [-0.2, -0.15) is 0 Å². The van der Waals surface area contributed by atoms with Crippen LogP contribution >= 0.6 is 15.9 Å². The SMILES string of the molecule is CC(C)(C)CC(C)(C)Nc1ncc(Br)cc1N. The lowest BCUT2D eigenvalue weighted by molar-refractivity contribution is 0.302. The lowest BCUT2D eigenvalue weighted by atomic mass is 9.82. The maximum atomic E-state index is 5.94. The monoisotopic (exact) mass is 299 g/mol. The van der Waals surface area contributed by atoms with Crippen LogP contribution in [0.4, 0.5) is 11.5 Å². The summed E-state index contributed by atoms with van der Waals surface area (Å²) in [5.74, 6) is 0.752. The largest absolute Gasteiger partial charge is 0.396 e. The van der Waals surface area contributed by atoms with Gasteiger partial charge in [-0.05, 0) is 47.7 Å². The smallest absolute Gasteiger partial charge is 0.149 e. The molecule has 0 saturated carbocycles. The minimum absolute atomic E-state index is 0.0345. The summed E-state index contributed by atoms with van der Waals surface area (Å²) in [6, 6.07) is 1.86. The molecular weight excluding hydrogens is 278 g/mol. The molecule has 0 radical (unpaired) electrons. The summed E-state index contributed by atoms with van der Waals surface area (Å²) < 4.78 is 0.897. The Morgan fingerprint density at radius 1 is 1.29 bits per heavy atom. The molecule has 1 rings (SSSR count). The first kappa shape index (κ1) is 14.3. The average molecular weight is 300 g/mol. The number of aromatic nitrogens is 1. The van der Waals surface area contributed by atoms with Crippen LogP contribution in [0.3, 0.4) is 0 Å². The van der Waals surface area contributed by atoms with E-state index in [0.29, 0.717) is 5.69 Å². The predicted octanol–water partition coefficient (Wildman–Crippen LogP) is 4.05. The van der Waals surface area contributed by atoms with Crippen LogP contribution in [0, 0.1) is 5.41 Å². The van der Waals surface area contributed by atoms with Crippen molar-refractivity contribution in [1.82, 2.24) is 4.98 Å². The summed E-state index contributed by atoms with van der Waals surface area (Å²) in [4.78, 5) is 4.31. The molecule has 4 heteroatoms. The second-order valence-electron chi connectivity index (χ2n) is 6.34. The predicted molar refractivity (Wildman–Crippen MR) is 78.1 cm³/mol. The number of pyridine rings is 1. The van der Waals surface area contributed by atoms with Crippen molar-refractivity contribution in [2.24, 2.45) is 5.41 Å². The fourth-order valence-electron chi connectivity index (χ4n) is 2.25. The minimum atomic E-state index is -0.0345. The highest BCUT2D eigenvalue weighted by molar-refractivity contribution is 9.10. The fraction of sp³-hybridized carbons (Fsp3) is 0.615. The molecule has 3 N–H and O–H groups in total. The molecule has 0 fully saturated rings. The molecule has 3 nitrogen and oxygen atoms in total. The minimum Gasteiger partial charge on any atom is -0.396 e. The third kappa shape index (κ3) is 4.94. The molecule has 0 unspecified atom stereocenters. The van der Waals surface area contributed by atoms with Crippen molar-refractivity contribution in [1.29, 1.82) is 0 Å². The van der Waals surface area contributed by atoms with Crippen LogP contribution in [0.2, 0.25) is 0 Å². The van der Waals surface area contributed by atoms with Crippen molar-refractivity contribution in [2.75, 3.05) is 11.1 Å². The highest BCUT2D eigenvalue weighted by Crippen LogP contribution is 2.31. The zero-order valence-electron chi connectivity index (χ0n) is 11.3. The molecule has 1 aromatic heterocycles. The number of halogens is 1. The molecule has 17 heavy (non-hydrogen) atoms. The molecule has 96 valence electrons. The van der Waals surface area contributed by atoms with Gasteiger partial charge in [0.25, 0.3) is 0 Å². The first-order valence-corrected chi connectivity index (χ1v) is 6.58. The van der Waals surface area contributed by atoms with Crippen LogP contribution in [0.1, 0.15) is 41.0 Å². The van der Waals surface area contributed by atoms with E-state index in [1.165, 1.54) is 0 Å². The lowest BCUT2D eigenvalue weighted by Crippen LogP contribution is -2.36. The molecule has 0 amide bonds. The van der Waals surface area contributed by atoms with E-state index in [9.17, 15) is 0 Å². The Morgan fingerprint density at radius 3 is 2.35 bits per heavy atom. The molecule has 0 spiro atoms. The third-order valence-electron chi connectivity index (χ3n) is 2.31. The van der Waals surface area contributed by atoms with Gasteiger partial charge in [0.15, 0.2) is 0 Å². The zero-order chi connectivity index (χ0) is 13.3. The molecule has 0 aliphatic carbocycles. The average Bonchev–Trinajstić information content (AvgIpc) is 2.05. The van der Waals surface area contributed by atoms with Crippen molar-refractivity contribution in [3.63, 3.8) is 0 Å². The van der Waals surface area contributed by atoms with Gasteiger partial charge in [-0.3, -0.25) is 0 Å².